The maximum Gasteiger partial charge on any atom is 0.168 e. The molecule has 0 amide bonds. The number of hydrogen-bond acceptors (Lipinski definition) is 9. The van der Waals surface area contributed by atoms with Gasteiger partial charge in [0.1, 0.15) is 11.4 Å². The maximum atomic E-state index is 11.5. The summed E-state index contributed by atoms with van der Waals surface area (Å²) in [5.74, 6) is 0. The Hall–Kier alpha value is -3.34. The van der Waals surface area contributed by atoms with Gasteiger partial charge in [-0.15, -0.1) is 0 Å². The molecule has 0 saturated heterocycles. The summed E-state index contributed by atoms with van der Waals surface area (Å²) in [6, 6.07) is 19.2. The summed E-state index contributed by atoms with van der Waals surface area (Å²) in [4.78, 5) is 33.5. The van der Waals surface area contributed by atoms with Crippen LogP contribution in [-0.2, 0) is 20.8 Å². The van der Waals surface area contributed by atoms with Gasteiger partial charge in [-0.1, -0.05) is 48.9 Å². The van der Waals surface area contributed by atoms with E-state index < -0.39 is 0 Å². The zero-order valence-electron chi connectivity index (χ0n) is 24.2. The Kier molecular flexibility index (Phi) is 14.8. The van der Waals surface area contributed by atoms with E-state index in [-0.39, 0.29) is 6.04 Å². The minimum absolute atomic E-state index is 0.145. The quantitative estimate of drug-likeness (QED) is 0.152. The van der Waals surface area contributed by atoms with Crippen molar-refractivity contribution in [3.05, 3.63) is 94.6 Å². The Balaban J connectivity index is 1.50. The van der Waals surface area contributed by atoms with Gasteiger partial charge in [-0.05, 0) is 43.2 Å². The SMILES string of the molecule is CCCOCCN(CCOCCOCCNCc1cccc(C=O)n1)C(c1ccc(C)cc1)c1cccc(C=O)n1. The van der Waals surface area contributed by atoms with E-state index in [4.69, 9.17) is 14.2 Å². The fourth-order valence-electron chi connectivity index (χ4n) is 4.33. The van der Waals surface area contributed by atoms with Gasteiger partial charge in [-0.3, -0.25) is 14.5 Å². The number of nitrogens with zero attached hydrogens (tertiary/aromatic N) is 3. The summed E-state index contributed by atoms with van der Waals surface area (Å²) in [6.07, 6.45) is 2.50. The van der Waals surface area contributed by atoms with Crippen LogP contribution >= 0.6 is 0 Å². The molecular weight excluding hydrogens is 520 g/mol. The predicted molar refractivity (Wildman–Crippen MR) is 158 cm³/mol. The van der Waals surface area contributed by atoms with E-state index >= 15 is 0 Å². The van der Waals surface area contributed by atoms with Gasteiger partial charge >= 0.3 is 0 Å². The highest BCUT2D eigenvalue weighted by Gasteiger charge is 2.24. The van der Waals surface area contributed by atoms with Crippen LogP contribution in [0.2, 0.25) is 0 Å². The molecule has 1 atom stereocenters. The van der Waals surface area contributed by atoms with Crippen LogP contribution in [0, 0.1) is 6.92 Å². The molecule has 41 heavy (non-hydrogen) atoms. The lowest BCUT2D eigenvalue weighted by molar-refractivity contribution is 0.0290. The highest BCUT2D eigenvalue weighted by molar-refractivity contribution is 5.72. The topological polar surface area (TPSA) is 103 Å². The lowest BCUT2D eigenvalue weighted by atomic mass is 9.99. The number of carbonyl (C=O) groups excluding carboxylic acids is 2. The van der Waals surface area contributed by atoms with E-state index in [9.17, 15) is 9.59 Å². The number of carbonyl (C=O) groups is 2. The van der Waals surface area contributed by atoms with Crippen LogP contribution in [0.1, 0.15) is 62.9 Å². The van der Waals surface area contributed by atoms with Crippen LogP contribution in [0.3, 0.4) is 0 Å². The number of aryl methyl sites for hydroxylation is 1. The number of pyridine rings is 2. The molecule has 0 aliphatic heterocycles. The van der Waals surface area contributed by atoms with Gasteiger partial charge in [-0.2, -0.15) is 0 Å². The molecule has 0 aliphatic rings. The minimum Gasteiger partial charge on any atom is -0.380 e. The van der Waals surface area contributed by atoms with E-state index in [1.807, 2.05) is 24.3 Å². The maximum absolute atomic E-state index is 11.5. The van der Waals surface area contributed by atoms with Crippen molar-refractivity contribution in [3.63, 3.8) is 0 Å². The molecule has 0 bridgehead atoms. The van der Waals surface area contributed by atoms with Crippen molar-refractivity contribution in [2.45, 2.75) is 32.9 Å². The summed E-state index contributed by atoms with van der Waals surface area (Å²) in [7, 11) is 0. The Bertz CT molecular complexity index is 1170. The molecule has 220 valence electrons. The molecule has 1 aromatic carbocycles. The molecule has 9 heteroatoms. The van der Waals surface area contributed by atoms with E-state index in [1.54, 1.807) is 12.1 Å². The lowest BCUT2D eigenvalue weighted by Gasteiger charge is -2.32. The molecule has 0 spiro atoms. The molecule has 1 unspecified atom stereocenters. The van der Waals surface area contributed by atoms with Gasteiger partial charge in [0, 0.05) is 32.8 Å². The van der Waals surface area contributed by atoms with Gasteiger partial charge in [-0.25, -0.2) is 9.97 Å². The van der Waals surface area contributed by atoms with Crippen LogP contribution < -0.4 is 5.32 Å². The second kappa shape index (κ2) is 18.9. The highest BCUT2D eigenvalue weighted by atomic mass is 16.5. The van der Waals surface area contributed by atoms with Crippen LogP contribution in [0.25, 0.3) is 0 Å². The third-order valence-corrected chi connectivity index (χ3v) is 6.40. The largest absolute Gasteiger partial charge is 0.380 e. The van der Waals surface area contributed by atoms with Crippen LogP contribution in [0.4, 0.5) is 0 Å². The number of aldehydes is 2. The Morgan fingerprint density at radius 3 is 2.10 bits per heavy atom. The van der Waals surface area contributed by atoms with Crippen LogP contribution in [0.5, 0.6) is 0 Å². The van der Waals surface area contributed by atoms with Crippen molar-refractivity contribution >= 4 is 12.6 Å². The van der Waals surface area contributed by atoms with E-state index in [0.717, 1.165) is 35.9 Å². The molecule has 3 rings (SSSR count). The molecule has 0 saturated carbocycles. The Morgan fingerprint density at radius 2 is 1.41 bits per heavy atom. The third-order valence-electron chi connectivity index (χ3n) is 6.40. The monoisotopic (exact) mass is 562 g/mol. The highest BCUT2D eigenvalue weighted by Crippen LogP contribution is 2.28. The van der Waals surface area contributed by atoms with Gasteiger partial charge in [0.25, 0.3) is 0 Å². The van der Waals surface area contributed by atoms with Crippen LogP contribution in [-0.4, -0.2) is 86.7 Å². The van der Waals surface area contributed by atoms with Gasteiger partial charge in [0.05, 0.1) is 50.5 Å². The van der Waals surface area contributed by atoms with Gasteiger partial charge in [0.2, 0.25) is 0 Å². The third kappa shape index (κ3) is 11.6. The minimum atomic E-state index is -0.145. The Labute approximate surface area is 243 Å². The molecule has 0 aliphatic carbocycles. The second-order valence-corrected chi connectivity index (χ2v) is 9.64. The molecule has 2 aromatic heterocycles. The molecule has 0 fully saturated rings. The zero-order valence-corrected chi connectivity index (χ0v) is 24.2. The first-order valence-electron chi connectivity index (χ1n) is 14.2. The molecule has 3 aromatic rings. The summed E-state index contributed by atoms with van der Waals surface area (Å²) in [6.45, 7) is 10.1. The second-order valence-electron chi connectivity index (χ2n) is 9.64. The average Bonchev–Trinajstić information content (AvgIpc) is 3.01. The number of hydrogen-bond donors (Lipinski definition) is 1. The summed E-state index contributed by atoms with van der Waals surface area (Å²) in [5, 5.41) is 3.26. The molecule has 9 nitrogen and oxygen atoms in total. The standard InChI is InChI=1S/C32H42N4O5/c1-3-17-39-19-15-36(32(27-12-10-26(2)11-13-27)31-9-5-8-30(25-38)35-31)16-20-41-22-21-40-18-14-33-23-28-6-4-7-29(24-37)34-28/h4-13,24-25,32-33H,3,14-23H2,1-2H3. The van der Waals surface area contributed by atoms with E-state index in [2.05, 4.69) is 58.3 Å². The average molecular weight is 563 g/mol. The van der Waals surface area contributed by atoms with Crippen molar-refractivity contribution in [2.24, 2.45) is 0 Å². The summed E-state index contributed by atoms with van der Waals surface area (Å²) < 4.78 is 17.5. The first kappa shape index (κ1) is 32.2. The smallest absolute Gasteiger partial charge is 0.168 e. The number of nitrogens with one attached hydrogen (secondary N) is 1. The van der Waals surface area contributed by atoms with Crippen LogP contribution in [0.15, 0.2) is 60.7 Å². The molecule has 1 N–H and O–H groups in total. The molecule has 2 heterocycles. The first-order valence-corrected chi connectivity index (χ1v) is 14.2. The summed E-state index contributed by atoms with van der Waals surface area (Å²) in [5.41, 5.74) is 4.77. The van der Waals surface area contributed by atoms with Gasteiger partial charge < -0.3 is 19.5 Å². The number of rotatable bonds is 21. The number of ether oxygens (including phenoxy) is 3. The van der Waals surface area contributed by atoms with Crippen molar-refractivity contribution in [1.29, 1.82) is 0 Å². The van der Waals surface area contributed by atoms with Crippen molar-refractivity contribution in [2.75, 3.05) is 59.3 Å². The summed E-state index contributed by atoms with van der Waals surface area (Å²) >= 11 is 0. The predicted octanol–water partition coefficient (Wildman–Crippen LogP) is 4.05. The number of benzene rings is 1. The van der Waals surface area contributed by atoms with Gasteiger partial charge in [0.15, 0.2) is 12.6 Å². The molecular formula is C32H42N4O5. The van der Waals surface area contributed by atoms with E-state index in [1.165, 1.54) is 5.56 Å². The molecule has 0 radical (unpaired) electrons. The van der Waals surface area contributed by atoms with Crippen molar-refractivity contribution in [1.82, 2.24) is 20.2 Å². The Morgan fingerprint density at radius 1 is 0.780 bits per heavy atom. The van der Waals surface area contributed by atoms with Crippen molar-refractivity contribution in [3.8, 4) is 0 Å². The zero-order chi connectivity index (χ0) is 29.1. The van der Waals surface area contributed by atoms with Crippen molar-refractivity contribution < 1.29 is 23.8 Å². The normalized spacial score (nSPS) is 12.0. The van der Waals surface area contributed by atoms with E-state index in [0.29, 0.717) is 77.2 Å². The number of aromatic nitrogens is 2. The lowest BCUT2D eigenvalue weighted by Crippen LogP contribution is -2.36. The first-order chi connectivity index (χ1) is 20.1. The fourth-order valence-corrected chi connectivity index (χ4v) is 4.33. The fraction of sp³-hybridized carbons (Fsp3) is 0.438.